The Bertz CT molecular complexity index is 831. The number of hydrogen-bond acceptors (Lipinski definition) is 6. The minimum atomic E-state index is -4.66. The van der Waals surface area contributed by atoms with E-state index in [4.69, 9.17) is 4.74 Å². The van der Waals surface area contributed by atoms with Gasteiger partial charge in [-0.2, -0.15) is 28.4 Å². The summed E-state index contributed by atoms with van der Waals surface area (Å²) in [5, 5.41) is 11.1. The van der Waals surface area contributed by atoms with E-state index in [9.17, 15) is 13.2 Å². The Balaban J connectivity index is 1.69. The first-order valence-electron chi connectivity index (χ1n) is 6.85. The highest BCUT2D eigenvalue weighted by atomic mass is 19.4. The highest BCUT2D eigenvalue weighted by Gasteiger charge is 2.38. The summed E-state index contributed by atoms with van der Waals surface area (Å²) in [6.45, 7) is 2.13. The molecule has 0 atom stereocenters. The van der Waals surface area contributed by atoms with Gasteiger partial charge in [0.05, 0.1) is 0 Å². The van der Waals surface area contributed by atoms with E-state index in [1.807, 2.05) is 13.0 Å². The van der Waals surface area contributed by atoms with Gasteiger partial charge in [0.15, 0.2) is 0 Å². The largest absolute Gasteiger partial charge is 0.487 e. The van der Waals surface area contributed by atoms with Gasteiger partial charge in [-0.05, 0) is 42.8 Å². The topological polar surface area (TPSA) is 73.9 Å². The summed E-state index contributed by atoms with van der Waals surface area (Å²) in [4.78, 5) is 3.32. The first-order valence-corrected chi connectivity index (χ1v) is 6.85. The SMILES string of the molecule is Cc1ccnnc1COc1ccc(-c2noc(C(F)(F)F)n2)cc1. The summed E-state index contributed by atoms with van der Waals surface area (Å²) in [6.07, 6.45) is -3.07. The maximum Gasteiger partial charge on any atom is 0.471 e. The first kappa shape index (κ1) is 15.9. The minimum Gasteiger partial charge on any atom is -0.487 e. The van der Waals surface area contributed by atoms with E-state index < -0.39 is 12.1 Å². The average molecular weight is 336 g/mol. The summed E-state index contributed by atoms with van der Waals surface area (Å²) in [7, 11) is 0. The molecule has 0 unspecified atom stereocenters. The molecule has 9 heteroatoms. The van der Waals surface area contributed by atoms with Crippen LogP contribution in [0.15, 0.2) is 41.1 Å². The van der Waals surface area contributed by atoms with Crippen molar-refractivity contribution < 1.29 is 22.4 Å². The number of hydrogen-bond donors (Lipinski definition) is 0. The van der Waals surface area contributed by atoms with Crippen LogP contribution < -0.4 is 4.74 Å². The molecule has 0 spiro atoms. The average Bonchev–Trinajstić information content (AvgIpc) is 3.05. The van der Waals surface area contributed by atoms with Gasteiger partial charge in [-0.1, -0.05) is 5.16 Å². The number of rotatable bonds is 4. The Labute approximate surface area is 134 Å². The van der Waals surface area contributed by atoms with Crippen LogP contribution in [-0.4, -0.2) is 20.3 Å². The number of aryl methyl sites for hydroxylation is 1. The Morgan fingerprint density at radius 3 is 2.50 bits per heavy atom. The van der Waals surface area contributed by atoms with E-state index in [1.165, 1.54) is 0 Å². The summed E-state index contributed by atoms with van der Waals surface area (Å²) in [5.74, 6) is -0.988. The van der Waals surface area contributed by atoms with Crippen molar-refractivity contribution in [2.24, 2.45) is 0 Å². The highest BCUT2D eigenvalue weighted by Crippen LogP contribution is 2.29. The summed E-state index contributed by atoms with van der Waals surface area (Å²) in [5.41, 5.74) is 2.04. The molecule has 0 saturated heterocycles. The fourth-order valence-electron chi connectivity index (χ4n) is 1.87. The van der Waals surface area contributed by atoms with Crippen molar-refractivity contribution in [1.29, 1.82) is 0 Å². The van der Waals surface area contributed by atoms with Crippen LogP contribution in [0, 0.1) is 6.92 Å². The molecule has 6 nitrogen and oxygen atoms in total. The molecule has 0 aliphatic carbocycles. The molecule has 0 radical (unpaired) electrons. The van der Waals surface area contributed by atoms with Gasteiger partial charge in [0.25, 0.3) is 0 Å². The molecular formula is C15H11F3N4O2. The summed E-state index contributed by atoms with van der Waals surface area (Å²) in [6, 6.07) is 8.12. The van der Waals surface area contributed by atoms with Gasteiger partial charge in [-0.15, -0.1) is 0 Å². The van der Waals surface area contributed by atoms with Crippen molar-refractivity contribution in [3.8, 4) is 17.1 Å². The van der Waals surface area contributed by atoms with Crippen LogP contribution in [0.1, 0.15) is 17.1 Å². The molecule has 0 saturated carbocycles. The van der Waals surface area contributed by atoms with E-state index in [1.54, 1.807) is 30.5 Å². The first-order chi connectivity index (χ1) is 11.4. The number of halogens is 3. The van der Waals surface area contributed by atoms with Crippen LogP contribution in [0.3, 0.4) is 0 Å². The zero-order valence-corrected chi connectivity index (χ0v) is 12.4. The zero-order valence-electron chi connectivity index (χ0n) is 12.4. The quantitative estimate of drug-likeness (QED) is 0.727. The van der Waals surface area contributed by atoms with Gasteiger partial charge in [-0.3, -0.25) is 0 Å². The molecule has 0 N–H and O–H groups in total. The second-order valence-electron chi connectivity index (χ2n) is 4.89. The predicted molar refractivity (Wildman–Crippen MR) is 75.8 cm³/mol. The van der Waals surface area contributed by atoms with Crippen LogP contribution in [0.2, 0.25) is 0 Å². The smallest absolute Gasteiger partial charge is 0.471 e. The monoisotopic (exact) mass is 336 g/mol. The molecule has 2 heterocycles. The molecule has 24 heavy (non-hydrogen) atoms. The third-order valence-electron chi connectivity index (χ3n) is 3.18. The zero-order chi connectivity index (χ0) is 17.2. The maximum absolute atomic E-state index is 12.4. The third kappa shape index (κ3) is 3.50. The molecule has 2 aromatic heterocycles. The van der Waals surface area contributed by atoms with Crippen molar-refractivity contribution in [3.63, 3.8) is 0 Å². The lowest BCUT2D eigenvalue weighted by molar-refractivity contribution is -0.159. The molecule has 3 rings (SSSR count). The van der Waals surface area contributed by atoms with Crippen molar-refractivity contribution >= 4 is 0 Å². The molecular weight excluding hydrogens is 325 g/mol. The Hall–Kier alpha value is -2.97. The highest BCUT2D eigenvalue weighted by molar-refractivity contribution is 5.55. The van der Waals surface area contributed by atoms with E-state index in [2.05, 4.69) is 24.9 Å². The van der Waals surface area contributed by atoms with Crippen molar-refractivity contribution in [2.75, 3.05) is 0 Å². The second kappa shape index (κ2) is 6.26. The van der Waals surface area contributed by atoms with Gasteiger partial charge >= 0.3 is 12.1 Å². The number of aromatic nitrogens is 4. The Morgan fingerprint density at radius 2 is 1.88 bits per heavy atom. The number of alkyl halides is 3. The van der Waals surface area contributed by atoms with Crippen molar-refractivity contribution in [2.45, 2.75) is 19.7 Å². The fourth-order valence-corrected chi connectivity index (χ4v) is 1.87. The van der Waals surface area contributed by atoms with Gasteiger partial charge in [-0.25, -0.2) is 0 Å². The van der Waals surface area contributed by atoms with E-state index >= 15 is 0 Å². The normalized spacial score (nSPS) is 11.5. The van der Waals surface area contributed by atoms with Gasteiger partial charge in [0.1, 0.15) is 18.1 Å². The van der Waals surface area contributed by atoms with Crippen LogP contribution in [0.4, 0.5) is 13.2 Å². The van der Waals surface area contributed by atoms with Gasteiger partial charge in [0, 0.05) is 11.8 Å². The Kier molecular flexibility index (Phi) is 4.15. The molecule has 0 fully saturated rings. The van der Waals surface area contributed by atoms with Crippen molar-refractivity contribution in [3.05, 3.63) is 53.7 Å². The Morgan fingerprint density at radius 1 is 1.12 bits per heavy atom. The number of nitrogens with zero attached hydrogens (tertiary/aromatic N) is 4. The fraction of sp³-hybridized carbons (Fsp3) is 0.200. The lowest BCUT2D eigenvalue weighted by atomic mass is 10.2. The molecule has 124 valence electrons. The summed E-state index contributed by atoms with van der Waals surface area (Å²) >= 11 is 0. The third-order valence-corrected chi connectivity index (χ3v) is 3.18. The van der Waals surface area contributed by atoms with E-state index in [0.29, 0.717) is 17.0 Å². The number of ether oxygens (including phenoxy) is 1. The predicted octanol–water partition coefficient (Wildman–Crippen LogP) is 3.43. The standard InChI is InChI=1S/C15H11F3N4O2/c1-9-6-7-19-21-12(9)8-23-11-4-2-10(3-5-11)13-20-14(24-22-13)15(16,17)18/h2-7H,8H2,1H3. The lowest BCUT2D eigenvalue weighted by Gasteiger charge is -2.07. The van der Waals surface area contributed by atoms with Gasteiger partial charge in [0.2, 0.25) is 5.82 Å². The lowest BCUT2D eigenvalue weighted by Crippen LogP contribution is -2.04. The molecule has 0 amide bonds. The molecule has 0 bridgehead atoms. The van der Waals surface area contributed by atoms with Crippen LogP contribution >= 0.6 is 0 Å². The van der Waals surface area contributed by atoms with Gasteiger partial charge < -0.3 is 9.26 Å². The second-order valence-corrected chi connectivity index (χ2v) is 4.89. The molecule has 1 aromatic carbocycles. The molecule has 3 aromatic rings. The summed E-state index contributed by atoms with van der Waals surface area (Å²) < 4.78 is 47.1. The van der Waals surface area contributed by atoms with E-state index in [-0.39, 0.29) is 12.4 Å². The van der Waals surface area contributed by atoms with Crippen molar-refractivity contribution in [1.82, 2.24) is 20.3 Å². The van der Waals surface area contributed by atoms with Crippen LogP contribution in [-0.2, 0) is 12.8 Å². The minimum absolute atomic E-state index is 0.140. The van der Waals surface area contributed by atoms with E-state index in [0.717, 1.165) is 5.56 Å². The molecule has 0 aliphatic heterocycles. The van der Waals surface area contributed by atoms with Crippen LogP contribution in [0.25, 0.3) is 11.4 Å². The van der Waals surface area contributed by atoms with Crippen LogP contribution in [0.5, 0.6) is 5.75 Å². The number of benzene rings is 1. The maximum atomic E-state index is 12.4. The molecule has 0 aliphatic rings.